The number of carbonyl (C=O) groups excluding carboxylic acids is 1. The van der Waals surface area contributed by atoms with Gasteiger partial charge in [-0.15, -0.1) is 0 Å². The molecule has 0 spiro atoms. The van der Waals surface area contributed by atoms with Gasteiger partial charge in [0.25, 0.3) is 15.9 Å². The monoisotopic (exact) mass is 446 g/mol. The first kappa shape index (κ1) is 21.5. The molecule has 0 saturated carbocycles. The summed E-state index contributed by atoms with van der Waals surface area (Å²) in [5, 5.41) is 3.06. The zero-order valence-electron chi connectivity index (χ0n) is 16.2. The first-order chi connectivity index (χ1) is 14.3. The molecule has 1 amide bonds. The van der Waals surface area contributed by atoms with E-state index < -0.39 is 15.9 Å². The lowest BCUT2D eigenvalue weighted by atomic mass is 10.2. The van der Waals surface area contributed by atoms with Crippen molar-refractivity contribution in [3.05, 3.63) is 77.3 Å². The van der Waals surface area contributed by atoms with Crippen molar-refractivity contribution in [3.8, 4) is 11.5 Å². The Balaban J connectivity index is 1.75. The van der Waals surface area contributed by atoms with Crippen molar-refractivity contribution in [3.63, 3.8) is 0 Å². The van der Waals surface area contributed by atoms with E-state index in [1.54, 1.807) is 42.5 Å². The maximum Gasteiger partial charge on any atom is 0.262 e. The number of ether oxygens (including phenoxy) is 2. The van der Waals surface area contributed by atoms with Gasteiger partial charge in [0.05, 0.1) is 29.8 Å². The van der Waals surface area contributed by atoms with E-state index in [9.17, 15) is 13.2 Å². The van der Waals surface area contributed by atoms with E-state index in [4.69, 9.17) is 21.1 Å². The van der Waals surface area contributed by atoms with Gasteiger partial charge in [-0.2, -0.15) is 0 Å². The van der Waals surface area contributed by atoms with Crippen LogP contribution in [0.1, 0.15) is 10.4 Å². The third kappa shape index (κ3) is 4.84. The molecule has 0 atom stereocenters. The lowest BCUT2D eigenvalue weighted by molar-refractivity contribution is 0.102. The lowest BCUT2D eigenvalue weighted by Gasteiger charge is -2.12. The topological polar surface area (TPSA) is 93.7 Å². The normalized spacial score (nSPS) is 10.9. The number of rotatable bonds is 7. The summed E-state index contributed by atoms with van der Waals surface area (Å²) in [7, 11) is -0.901. The Morgan fingerprint density at radius 2 is 1.57 bits per heavy atom. The number of nitrogens with one attached hydrogen (secondary N) is 2. The average Bonchev–Trinajstić information content (AvgIpc) is 2.74. The third-order valence-electron chi connectivity index (χ3n) is 4.19. The summed E-state index contributed by atoms with van der Waals surface area (Å²) in [6.07, 6.45) is 0. The summed E-state index contributed by atoms with van der Waals surface area (Å²) in [5.74, 6) is 0.486. The molecular formula is C21H19ClN2O5S. The second-order valence-corrected chi connectivity index (χ2v) is 8.22. The first-order valence-electron chi connectivity index (χ1n) is 8.75. The van der Waals surface area contributed by atoms with E-state index in [-0.39, 0.29) is 10.5 Å². The molecule has 0 aliphatic rings. The summed E-state index contributed by atoms with van der Waals surface area (Å²) < 4.78 is 38.0. The highest BCUT2D eigenvalue weighted by Gasteiger charge is 2.17. The Labute approximate surface area is 179 Å². The smallest absolute Gasteiger partial charge is 0.262 e. The number of methoxy groups -OCH3 is 2. The molecule has 0 fully saturated rings. The van der Waals surface area contributed by atoms with Gasteiger partial charge in [-0.1, -0.05) is 23.7 Å². The van der Waals surface area contributed by atoms with Crippen LogP contribution in [0.25, 0.3) is 0 Å². The molecule has 3 rings (SSSR count). The van der Waals surface area contributed by atoms with Crippen molar-refractivity contribution in [1.82, 2.24) is 0 Å². The second kappa shape index (κ2) is 9.06. The molecule has 0 aromatic heterocycles. The predicted molar refractivity (Wildman–Crippen MR) is 116 cm³/mol. The standard InChI is InChI=1S/C21H19ClN2O5S/c1-28-19-12-9-15(13-17(19)22)23-21(25)14-7-10-16(11-8-14)30(26,27)24-18-5-3-4-6-20(18)29-2/h3-13,24H,1-2H3,(H,23,25). The van der Waals surface area contributed by atoms with Crippen LogP contribution in [0, 0.1) is 0 Å². The zero-order chi connectivity index (χ0) is 21.7. The second-order valence-electron chi connectivity index (χ2n) is 6.13. The number of hydrogen-bond donors (Lipinski definition) is 2. The van der Waals surface area contributed by atoms with Gasteiger partial charge in [-0.3, -0.25) is 9.52 Å². The summed E-state index contributed by atoms with van der Waals surface area (Å²) in [6, 6.07) is 17.1. The molecule has 2 N–H and O–H groups in total. The van der Waals surface area contributed by atoms with Crippen LogP contribution in [0.15, 0.2) is 71.6 Å². The minimum atomic E-state index is -3.85. The molecule has 156 valence electrons. The minimum Gasteiger partial charge on any atom is -0.495 e. The van der Waals surface area contributed by atoms with E-state index >= 15 is 0 Å². The largest absolute Gasteiger partial charge is 0.495 e. The van der Waals surface area contributed by atoms with Gasteiger partial charge in [0.15, 0.2) is 0 Å². The highest BCUT2D eigenvalue weighted by atomic mass is 35.5. The Kier molecular flexibility index (Phi) is 6.49. The van der Waals surface area contributed by atoms with E-state index in [2.05, 4.69) is 10.0 Å². The van der Waals surface area contributed by atoms with Crippen molar-refractivity contribution in [2.45, 2.75) is 4.90 Å². The molecule has 30 heavy (non-hydrogen) atoms. The number of benzene rings is 3. The van der Waals surface area contributed by atoms with Crippen LogP contribution in [-0.2, 0) is 10.0 Å². The first-order valence-corrected chi connectivity index (χ1v) is 10.6. The van der Waals surface area contributed by atoms with Gasteiger partial charge in [0, 0.05) is 11.3 Å². The molecular weight excluding hydrogens is 428 g/mol. The number of sulfonamides is 1. The van der Waals surface area contributed by atoms with Crippen LogP contribution >= 0.6 is 11.6 Å². The van der Waals surface area contributed by atoms with Crippen molar-refractivity contribution < 1.29 is 22.7 Å². The van der Waals surface area contributed by atoms with Crippen LogP contribution in [0.3, 0.4) is 0 Å². The van der Waals surface area contributed by atoms with Crippen LogP contribution in [0.5, 0.6) is 11.5 Å². The lowest BCUT2D eigenvalue weighted by Crippen LogP contribution is -2.15. The summed E-state index contributed by atoms with van der Waals surface area (Å²) in [6.45, 7) is 0. The molecule has 0 unspecified atom stereocenters. The number of amides is 1. The van der Waals surface area contributed by atoms with E-state index in [1.165, 1.54) is 38.5 Å². The van der Waals surface area contributed by atoms with Crippen LogP contribution in [0.4, 0.5) is 11.4 Å². The van der Waals surface area contributed by atoms with Gasteiger partial charge in [0.1, 0.15) is 11.5 Å². The molecule has 3 aromatic rings. The van der Waals surface area contributed by atoms with Crippen LogP contribution in [-0.4, -0.2) is 28.5 Å². The zero-order valence-corrected chi connectivity index (χ0v) is 17.8. The number of hydrogen-bond acceptors (Lipinski definition) is 5. The quantitative estimate of drug-likeness (QED) is 0.560. The maximum absolute atomic E-state index is 12.6. The highest BCUT2D eigenvalue weighted by molar-refractivity contribution is 7.92. The van der Waals surface area contributed by atoms with Gasteiger partial charge in [-0.25, -0.2) is 8.42 Å². The third-order valence-corrected chi connectivity index (χ3v) is 5.86. The van der Waals surface area contributed by atoms with Gasteiger partial charge < -0.3 is 14.8 Å². The van der Waals surface area contributed by atoms with Crippen molar-refractivity contribution in [2.75, 3.05) is 24.3 Å². The number of para-hydroxylation sites is 2. The molecule has 0 heterocycles. The van der Waals surface area contributed by atoms with E-state index in [1.807, 2.05) is 0 Å². The summed E-state index contributed by atoms with van der Waals surface area (Å²) in [5.41, 5.74) is 1.09. The van der Waals surface area contributed by atoms with Crippen molar-refractivity contribution in [1.29, 1.82) is 0 Å². The average molecular weight is 447 g/mol. The number of anilines is 2. The molecule has 3 aromatic carbocycles. The molecule has 0 aliphatic heterocycles. The fourth-order valence-corrected chi connectivity index (χ4v) is 3.99. The van der Waals surface area contributed by atoms with Crippen molar-refractivity contribution >= 4 is 38.9 Å². The summed E-state index contributed by atoms with van der Waals surface area (Å²) >= 11 is 6.06. The van der Waals surface area contributed by atoms with Crippen molar-refractivity contribution in [2.24, 2.45) is 0 Å². The summed E-state index contributed by atoms with van der Waals surface area (Å²) in [4.78, 5) is 12.5. The van der Waals surface area contributed by atoms with Crippen LogP contribution in [0.2, 0.25) is 5.02 Å². The molecule has 0 bridgehead atoms. The van der Waals surface area contributed by atoms with E-state index in [0.29, 0.717) is 27.9 Å². The van der Waals surface area contributed by atoms with Gasteiger partial charge in [0.2, 0.25) is 0 Å². The van der Waals surface area contributed by atoms with E-state index in [0.717, 1.165) is 0 Å². The predicted octanol–water partition coefficient (Wildman–Crippen LogP) is 4.41. The molecule has 0 radical (unpaired) electrons. The molecule has 9 heteroatoms. The fourth-order valence-electron chi connectivity index (χ4n) is 2.67. The fraction of sp³-hybridized carbons (Fsp3) is 0.0952. The minimum absolute atomic E-state index is 0.0115. The van der Waals surface area contributed by atoms with Gasteiger partial charge in [-0.05, 0) is 54.6 Å². The van der Waals surface area contributed by atoms with Gasteiger partial charge >= 0.3 is 0 Å². The molecule has 7 nitrogen and oxygen atoms in total. The molecule has 0 aliphatic carbocycles. The Bertz CT molecular complexity index is 1160. The Morgan fingerprint density at radius 1 is 0.900 bits per heavy atom. The number of halogens is 1. The Hall–Kier alpha value is -3.23. The van der Waals surface area contributed by atoms with Crippen LogP contribution < -0.4 is 19.5 Å². The number of carbonyl (C=O) groups is 1. The molecule has 0 saturated heterocycles. The Morgan fingerprint density at radius 3 is 2.20 bits per heavy atom. The SMILES string of the molecule is COc1ccc(NC(=O)c2ccc(S(=O)(=O)Nc3ccccc3OC)cc2)cc1Cl. The maximum atomic E-state index is 12.6. The highest BCUT2D eigenvalue weighted by Crippen LogP contribution is 2.28.